The summed E-state index contributed by atoms with van der Waals surface area (Å²) in [5.74, 6) is 0.517. The van der Waals surface area contributed by atoms with Gasteiger partial charge in [-0.25, -0.2) is 4.98 Å². The number of H-pyrrole nitrogens is 1. The normalized spacial score (nSPS) is 25.0. The molecule has 0 bridgehead atoms. The van der Waals surface area contributed by atoms with Gasteiger partial charge < -0.3 is 19.5 Å². The molecule has 8 nitrogen and oxygen atoms in total. The summed E-state index contributed by atoms with van der Waals surface area (Å²) in [6, 6.07) is 0. The molecule has 2 saturated heterocycles. The molecule has 144 valence electrons. The molecule has 1 aromatic rings. The van der Waals surface area contributed by atoms with E-state index in [1.54, 1.807) is 13.3 Å². The molecular weight excluding hydrogens is 334 g/mol. The Bertz CT molecular complexity index is 661. The topological polar surface area (TPSA) is 81.8 Å². The fourth-order valence-electron chi connectivity index (χ4n) is 3.98. The van der Waals surface area contributed by atoms with Crippen molar-refractivity contribution in [3.8, 4) is 0 Å². The number of carbonyl (C=O) groups excluding carboxylic acids is 2. The molecule has 26 heavy (non-hydrogen) atoms. The zero-order valence-corrected chi connectivity index (χ0v) is 16.0. The Kier molecular flexibility index (Phi) is 5.62. The number of aromatic nitrogens is 2. The molecule has 1 spiro atoms. The Labute approximate surface area is 154 Å². The van der Waals surface area contributed by atoms with Crippen molar-refractivity contribution in [1.29, 1.82) is 0 Å². The second kappa shape index (κ2) is 7.75. The van der Waals surface area contributed by atoms with E-state index < -0.39 is 0 Å². The molecule has 3 rings (SSSR count). The number of aromatic amines is 1. The molecule has 0 radical (unpaired) electrons. The van der Waals surface area contributed by atoms with Gasteiger partial charge in [0, 0.05) is 63.7 Å². The third-order valence-corrected chi connectivity index (χ3v) is 5.76. The average Bonchev–Trinajstić information content (AvgIpc) is 3.00. The van der Waals surface area contributed by atoms with Crippen LogP contribution in [0.4, 0.5) is 0 Å². The van der Waals surface area contributed by atoms with Gasteiger partial charge >= 0.3 is 0 Å². The molecular formula is C18H29N5O3. The highest BCUT2D eigenvalue weighted by atomic mass is 16.5. The second-order valence-electron chi connectivity index (χ2n) is 7.41. The van der Waals surface area contributed by atoms with Crippen LogP contribution in [0.2, 0.25) is 0 Å². The summed E-state index contributed by atoms with van der Waals surface area (Å²) in [5, 5.41) is 0. The summed E-state index contributed by atoms with van der Waals surface area (Å²) < 4.78 is 5.12. The quantitative estimate of drug-likeness (QED) is 0.843. The van der Waals surface area contributed by atoms with E-state index in [4.69, 9.17) is 4.74 Å². The largest absolute Gasteiger partial charge is 0.383 e. The maximum atomic E-state index is 12.8. The average molecular weight is 363 g/mol. The number of rotatable bonds is 4. The number of ether oxygens (including phenoxy) is 1. The van der Waals surface area contributed by atoms with E-state index in [2.05, 4.69) is 21.9 Å². The van der Waals surface area contributed by atoms with Crippen LogP contribution in [0.25, 0.3) is 0 Å². The minimum Gasteiger partial charge on any atom is -0.383 e. The lowest BCUT2D eigenvalue weighted by Crippen LogP contribution is -2.62. The van der Waals surface area contributed by atoms with Gasteiger partial charge in [-0.15, -0.1) is 0 Å². The fraction of sp³-hybridized carbons (Fsp3) is 0.722. The molecule has 2 aliphatic heterocycles. The number of nitrogens with one attached hydrogen (secondary N) is 1. The molecule has 0 aromatic carbocycles. The van der Waals surface area contributed by atoms with E-state index >= 15 is 0 Å². The first kappa shape index (κ1) is 18.8. The van der Waals surface area contributed by atoms with Gasteiger partial charge in [0.1, 0.15) is 0 Å². The van der Waals surface area contributed by atoms with Gasteiger partial charge in [0.2, 0.25) is 5.91 Å². The molecule has 1 N–H and O–H groups in total. The van der Waals surface area contributed by atoms with Gasteiger partial charge in [-0.1, -0.05) is 0 Å². The molecule has 2 aliphatic rings. The number of likely N-dealkylation sites (tertiary alicyclic amines) is 1. The van der Waals surface area contributed by atoms with Crippen LogP contribution in [0.3, 0.4) is 0 Å². The van der Waals surface area contributed by atoms with Gasteiger partial charge in [-0.05, 0) is 26.8 Å². The maximum absolute atomic E-state index is 12.8. The Morgan fingerprint density at radius 1 is 1.35 bits per heavy atom. The highest BCUT2D eigenvalue weighted by molar-refractivity contribution is 5.90. The molecule has 3 heterocycles. The van der Waals surface area contributed by atoms with Crippen LogP contribution >= 0.6 is 0 Å². The predicted octanol–water partition coefficient (Wildman–Crippen LogP) is 0.503. The number of hydrogen-bond donors (Lipinski definition) is 1. The first-order chi connectivity index (χ1) is 12.4. The van der Waals surface area contributed by atoms with Crippen LogP contribution < -0.4 is 0 Å². The first-order valence-corrected chi connectivity index (χ1v) is 9.24. The van der Waals surface area contributed by atoms with Gasteiger partial charge in [-0.2, -0.15) is 0 Å². The van der Waals surface area contributed by atoms with Crippen molar-refractivity contribution < 1.29 is 14.3 Å². The number of hydrogen-bond acceptors (Lipinski definition) is 5. The van der Waals surface area contributed by atoms with E-state index in [1.165, 1.54) is 0 Å². The number of imidazole rings is 1. The maximum Gasteiger partial charge on any atom is 0.289 e. The molecule has 0 saturated carbocycles. The van der Waals surface area contributed by atoms with E-state index in [-0.39, 0.29) is 17.4 Å². The molecule has 1 aromatic heterocycles. The SMILES string of the molecule is COCCN1CC[C@@]2(CCC1=O)CN(C(=O)c1ncc(C)[nH]1)CCN2C. The summed E-state index contributed by atoms with van der Waals surface area (Å²) >= 11 is 0. The number of amides is 2. The highest BCUT2D eigenvalue weighted by Gasteiger charge is 2.43. The number of carbonyl (C=O) groups is 2. The third-order valence-electron chi connectivity index (χ3n) is 5.76. The molecule has 0 unspecified atom stereocenters. The van der Waals surface area contributed by atoms with Crippen LogP contribution in [0, 0.1) is 6.92 Å². The van der Waals surface area contributed by atoms with Crippen molar-refractivity contribution in [3.05, 3.63) is 17.7 Å². The Morgan fingerprint density at radius 3 is 2.85 bits per heavy atom. The first-order valence-electron chi connectivity index (χ1n) is 9.24. The molecule has 2 amide bonds. The fourth-order valence-corrected chi connectivity index (χ4v) is 3.98. The lowest BCUT2D eigenvalue weighted by atomic mass is 9.86. The zero-order chi connectivity index (χ0) is 18.7. The van der Waals surface area contributed by atoms with Gasteiger partial charge in [0.15, 0.2) is 5.82 Å². The summed E-state index contributed by atoms with van der Waals surface area (Å²) in [4.78, 5) is 38.6. The Morgan fingerprint density at radius 2 is 2.15 bits per heavy atom. The van der Waals surface area contributed by atoms with Gasteiger partial charge in [0.25, 0.3) is 5.91 Å². The van der Waals surface area contributed by atoms with Crippen LogP contribution in [0.5, 0.6) is 0 Å². The van der Waals surface area contributed by atoms with E-state index in [1.807, 2.05) is 16.7 Å². The van der Waals surface area contributed by atoms with Crippen LogP contribution in [0.15, 0.2) is 6.20 Å². The van der Waals surface area contributed by atoms with Gasteiger partial charge in [-0.3, -0.25) is 14.5 Å². The van der Waals surface area contributed by atoms with Crippen molar-refractivity contribution in [2.75, 3.05) is 53.5 Å². The highest BCUT2D eigenvalue weighted by Crippen LogP contribution is 2.32. The molecule has 0 aliphatic carbocycles. The Hall–Kier alpha value is -1.93. The van der Waals surface area contributed by atoms with Crippen molar-refractivity contribution >= 4 is 11.8 Å². The predicted molar refractivity (Wildman–Crippen MR) is 96.9 cm³/mol. The number of piperazine rings is 1. The lowest BCUT2D eigenvalue weighted by molar-refractivity contribution is -0.131. The van der Waals surface area contributed by atoms with Crippen LogP contribution in [-0.4, -0.2) is 95.5 Å². The summed E-state index contributed by atoms with van der Waals surface area (Å²) in [5.41, 5.74) is 0.721. The number of nitrogens with zero attached hydrogens (tertiary/aromatic N) is 4. The zero-order valence-electron chi connectivity index (χ0n) is 16.0. The standard InChI is InChI=1S/C18H29N5O3/c1-14-12-19-16(20-14)17(25)23-9-8-21(2)18(13-23)5-4-15(24)22(7-6-18)10-11-26-3/h12H,4-11,13H2,1-3H3,(H,19,20)/t18-/m0/s1. The minimum atomic E-state index is -0.160. The van der Waals surface area contributed by atoms with E-state index in [0.29, 0.717) is 45.0 Å². The minimum absolute atomic E-state index is 0.0580. The lowest BCUT2D eigenvalue weighted by Gasteiger charge is -2.49. The van der Waals surface area contributed by atoms with E-state index in [0.717, 1.165) is 25.1 Å². The smallest absolute Gasteiger partial charge is 0.289 e. The number of methoxy groups -OCH3 is 1. The van der Waals surface area contributed by atoms with Crippen molar-refractivity contribution in [1.82, 2.24) is 24.7 Å². The monoisotopic (exact) mass is 363 g/mol. The van der Waals surface area contributed by atoms with E-state index in [9.17, 15) is 9.59 Å². The molecule has 8 heteroatoms. The van der Waals surface area contributed by atoms with Gasteiger partial charge in [0.05, 0.1) is 6.61 Å². The summed E-state index contributed by atoms with van der Waals surface area (Å²) in [7, 11) is 3.76. The molecule has 2 fully saturated rings. The second-order valence-corrected chi connectivity index (χ2v) is 7.41. The van der Waals surface area contributed by atoms with Crippen molar-refractivity contribution in [3.63, 3.8) is 0 Å². The molecule has 1 atom stereocenters. The summed E-state index contributed by atoms with van der Waals surface area (Å²) in [6.07, 6.45) is 3.82. The summed E-state index contributed by atoms with van der Waals surface area (Å²) in [6.45, 7) is 5.89. The number of aryl methyl sites for hydroxylation is 1. The van der Waals surface area contributed by atoms with Crippen LogP contribution in [-0.2, 0) is 9.53 Å². The van der Waals surface area contributed by atoms with Crippen molar-refractivity contribution in [2.45, 2.75) is 31.7 Å². The number of likely N-dealkylation sites (N-methyl/N-ethyl adjacent to an activating group) is 1. The Balaban J connectivity index is 1.73. The third kappa shape index (κ3) is 3.76. The van der Waals surface area contributed by atoms with Crippen molar-refractivity contribution in [2.24, 2.45) is 0 Å². The van der Waals surface area contributed by atoms with Crippen LogP contribution in [0.1, 0.15) is 35.6 Å².